The molecule has 110 valence electrons. The Morgan fingerprint density at radius 1 is 1.45 bits per heavy atom. The van der Waals surface area contributed by atoms with Crippen LogP contribution in [-0.2, 0) is 4.74 Å². The summed E-state index contributed by atoms with van der Waals surface area (Å²) in [6, 6.07) is 5.47. The lowest BCUT2D eigenvalue weighted by Gasteiger charge is -2.32. The molecule has 1 heterocycles. The largest absolute Gasteiger partial charge is 0.497 e. The van der Waals surface area contributed by atoms with Gasteiger partial charge in [0.1, 0.15) is 5.75 Å². The van der Waals surface area contributed by atoms with Crippen LogP contribution in [0.5, 0.6) is 5.75 Å². The third-order valence-electron chi connectivity index (χ3n) is 3.61. The SMILES string of the molecule is COC[C@@H]1CCCN(C(=O)c2cc(OC)ccc2Br)C1. The number of ether oxygens (including phenoxy) is 2. The van der Waals surface area contributed by atoms with Crippen molar-refractivity contribution in [3.63, 3.8) is 0 Å². The van der Waals surface area contributed by atoms with Crippen molar-refractivity contribution >= 4 is 21.8 Å². The first-order valence-electron chi connectivity index (χ1n) is 6.77. The van der Waals surface area contributed by atoms with Crippen LogP contribution in [0.3, 0.4) is 0 Å². The van der Waals surface area contributed by atoms with Crippen LogP contribution in [-0.4, -0.2) is 44.7 Å². The number of piperidine rings is 1. The number of benzene rings is 1. The molecule has 1 atom stereocenters. The zero-order chi connectivity index (χ0) is 14.5. The van der Waals surface area contributed by atoms with Gasteiger partial charge in [0.05, 0.1) is 19.3 Å². The molecule has 1 fully saturated rings. The van der Waals surface area contributed by atoms with Crippen molar-refractivity contribution < 1.29 is 14.3 Å². The molecule has 0 spiro atoms. The molecule has 1 aliphatic heterocycles. The molecular formula is C15H20BrNO3. The van der Waals surface area contributed by atoms with E-state index in [1.807, 2.05) is 17.0 Å². The van der Waals surface area contributed by atoms with Gasteiger partial charge in [-0.1, -0.05) is 0 Å². The molecule has 1 amide bonds. The number of carbonyl (C=O) groups excluding carboxylic acids is 1. The maximum atomic E-state index is 12.6. The maximum absolute atomic E-state index is 12.6. The average Bonchev–Trinajstić information content (AvgIpc) is 2.48. The summed E-state index contributed by atoms with van der Waals surface area (Å²) in [5, 5.41) is 0. The Morgan fingerprint density at radius 3 is 2.95 bits per heavy atom. The Labute approximate surface area is 128 Å². The van der Waals surface area contributed by atoms with E-state index in [4.69, 9.17) is 9.47 Å². The van der Waals surface area contributed by atoms with E-state index in [1.54, 1.807) is 20.3 Å². The third-order valence-corrected chi connectivity index (χ3v) is 4.30. The summed E-state index contributed by atoms with van der Waals surface area (Å²) < 4.78 is 11.2. The fourth-order valence-electron chi connectivity index (χ4n) is 2.59. The standard InChI is InChI=1S/C15H20BrNO3/c1-19-10-11-4-3-7-17(9-11)15(18)13-8-12(20-2)5-6-14(13)16/h5-6,8,11H,3-4,7,9-10H2,1-2H3/t11-/m1/s1. The van der Waals surface area contributed by atoms with E-state index in [0.717, 1.165) is 30.4 Å². The van der Waals surface area contributed by atoms with Crippen molar-refractivity contribution in [3.05, 3.63) is 28.2 Å². The van der Waals surface area contributed by atoms with Gasteiger partial charge in [0, 0.05) is 24.7 Å². The summed E-state index contributed by atoms with van der Waals surface area (Å²) in [6.45, 7) is 2.28. The van der Waals surface area contributed by atoms with Crippen molar-refractivity contribution in [2.75, 3.05) is 33.9 Å². The first-order chi connectivity index (χ1) is 9.65. The second-order valence-electron chi connectivity index (χ2n) is 5.06. The summed E-state index contributed by atoms with van der Waals surface area (Å²) in [6.07, 6.45) is 2.15. The normalized spacial score (nSPS) is 18.9. The Bertz CT molecular complexity index is 476. The predicted molar refractivity (Wildman–Crippen MR) is 81.2 cm³/mol. The number of halogens is 1. The Balaban J connectivity index is 2.14. The maximum Gasteiger partial charge on any atom is 0.255 e. The number of carbonyl (C=O) groups is 1. The van der Waals surface area contributed by atoms with E-state index in [1.165, 1.54) is 0 Å². The Kier molecular flexibility index (Phi) is 5.43. The highest BCUT2D eigenvalue weighted by molar-refractivity contribution is 9.10. The highest BCUT2D eigenvalue weighted by atomic mass is 79.9. The molecule has 0 saturated carbocycles. The number of likely N-dealkylation sites (tertiary alicyclic amines) is 1. The van der Waals surface area contributed by atoms with E-state index >= 15 is 0 Å². The van der Waals surface area contributed by atoms with E-state index in [-0.39, 0.29) is 5.91 Å². The zero-order valence-corrected chi connectivity index (χ0v) is 13.5. The van der Waals surface area contributed by atoms with Crippen LogP contribution >= 0.6 is 15.9 Å². The van der Waals surface area contributed by atoms with Crippen LogP contribution in [0.1, 0.15) is 23.2 Å². The molecule has 0 bridgehead atoms. The highest BCUT2D eigenvalue weighted by Crippen LogP contribution is 2.26. The first-order valence-corrected chi connectivity index (χ1v) is 7.56. The molecule has 1 aromatic rings. The minimum absolute atomic E-state index is 0.0524. The number of hydrogen-bond acceptors (Lipinski definition) is 3. The van der Waals surface area contributed by atoms with Crippen LogP contribution in [0, 0.1) is 5.92 Å². The highest BCUT2D eigenvalue weighted by Gasteiger charge is 2.25. The van der Waals surface area contributed by atoms with Gasteiger partial charge < -0.3 is 14.4 Å². The molecule has 20 heavy (non-hydrogen) atoms. The second kappa shape index (κ2) is 7.09. The first kappa shape index (κ1) is 15.3. The average molecular weight is 342 g/mol. The number of rotatable bonds is 4. The van der Waals surface area contributed by atoms with Crippen LogP contribution in [0.25, 0.3) is 0 Å². The van der Waals surface area contributed by atoms with Crippen LogP contribution in [0.2, 0.25) is 0 Å². The van der Waals surface area contributed by atoms with Crippen molar-refractivity contribution in [3.8, 4) is 5.75 Å². The minimum Gasteiger partial charge on any atom is -0.497 e. The summed E-state index contributed by atoms with van der Waals surface area (Å²) in [5.41, 5.74) is 0.655. The molecule has 1 aliphatic rings. The molecule has 0 aliphatic carbocycles. The fraction of sp³-hybridized carbons (Fsp3) is 0.533. The quantitative estimate of drug-likeness (QED) is 0.845. The topological polar surface area (TPSA) is 38.8 Å². The fourth-order valence-corrected chi connectivity index (χ4v) is 3.00. The van der Waals surface area contributed by atoms with Gasteiger partial charge >= 0.3 is 0 Å². The molecule has 0 unspecified atom stereocenters. The minimum atomic E-state index is 0.0524. The van der Waals surface area contributed by atoms with Gasteiger partial charge in [-0.2, -0.15) is 0 Å². The lowest BCUT2D eigenvalue weighted by Crippen LogP contribution is -2.41. The zero-order valence-electron chi connectivity index (χ0n) is 11.9. The van der Waals surface area contributed by atoms with Crippen molar-refractivity contribution in [2.24, 2.45) is 5.92 Å². The second-order valence-corrected chi connectivity index (χ2v) is 5.91. The molecule has 1 aromatic carbocycles. The van der Waals surface area contributed by atoms with Crippen LogP contribution in [0.15, 0.2) is 22.7 Å². The number of nitrogens with zero attached hydrogens (tertiary/aromatic N) is 1. The van der Waals surface area contributed by atoms with Crippen molar-refractivity contribution in [1.82, 2.24) is 4.90 Å². The van der Waals surface area contributed by atoms with Gasteiger partial charge in [-0.05, 0) is 52.9 Å². The Morgan fingerprint density at radius 2 is 2.25 bits per heavy atom. The van der Waals surface area contributed by atoms with E-state index < -0.39 is 0 Å². The molecule has 1 saturated heterocycles. The van der Waals surface area contributed by atoms with E-state index in [9.17, 15) is 4.79 Å². The molecule has 0 aromatic heterocycles. The van der Waals surface area contributed by atoms with Gasteiger partial charge in [-0.15, -0.1) is 0 Å². The van der Waals surface area contributed by atoms with Crippen LogP contribution < -0.4 is 4.74 Å². The van der Waals surface area contributed by atoms with Gasteiger partial charge in [-0.3, -0.25) is 4.79 Å². The lowest BCUT2D eigenvalue weighted by molar-refractivity contribution is 0.0570. The van der Waals surface area contributed by atoms with E-state index in [0.29, 0.717) is 23.8 Å². The summed E-state index contributed by atoms with van der Waals surface area (Å²) in [4.78, 5) is 14.5. The summed E-state index contributed by atoms with van der Waals surface area (Å²) in [7, 11) is 3.31. The Hall–Kier alpha value is -1.07. The number of methoxy groups -OCH3 is 2. The molecule has 5 heteroatoms. The molecule has 2 rings (SSSR count). The summed E-state index contributed by atoms with van der Waals surface area (Å²) >= 11 is 3.44. The van der Waals surface area contributed by atoms with Crippen LogP contribution in [0.4, 0.5) is 0 Å². The van der Waals surface area contributed by atoms with E-state index in [2.05, 4.69) is 15.9 Å². The third kappa shape index (κ3) is 3.52. The predicted octanol–water partition coefficient (Wildman–Crippen LogP) is 2.96. The number of hydrogen-bond donors (Lipinski definition) is 0. The summed E-state index contributed by atoms with van der Waals surface area (Å²) in [5.74, 6) is 1.18. The smallest absolute Gasteiger partial charge is 0.255 e. The monoisotopic (exact) mass is 341 g/mol. The lowest BCUT2D eigenvalue weighted by atomic mass is 9.98. The molecule has 0 N–H and O–H groups in total. The van der Waals surface area contributed by atoms with Gasteiger partial charge in [0.2, 0.25) is 0 Å². The van der Waals surface area contributed by atoms with Gasteiger partial charge in [-0.25, -0.2) is 0 Å². The van der Waals surface area contributed by atoms with Crippen molar-refractivity contribution in [1.29, 1.82) is 0 Å². The van der Waals surface area contributed by atoms with Gasteiger partial charge in [0.25, 0.3) is 5.91 Å². The number of amides is 1. The van der Waals surface area contributed by atoms with Gasteiger partial charge in [0.15, 0.2) is 0 Å². The molecule has 0 radical (unpaired) electrons. The molecular weight excluding hydrogens is 322 g/mol. The molecule has 4 nitrogen and oxygen atoms in total. The van der Waals surface area contributed by atoms with Crippen molar-refractivity contribution in [2.45, 2.75) is 12.8 Å².